The van der Waals surface area contributed by atoms with Crippen LogP contribution in [0.25, 0.3) is 0 Å². The summed E-state index contributed by atoms with van der Waals surface area (Å²) in [7, 11) is 1.48. The maximum Gasteiger partial charge on any atom is 0.408 e. The topological polar surface area (TPSA) is 115 Å². The van der Waals surface area contributed by atoms with E-state index in [9.17, 15) is 14.4 Å². The van der Waals surface area contributed by atoms with Gasteiger partial charge in [-0.2, -0.15) is 0 Å². The molecule has 0 saturated heterocycles. The molecule has 2 rings (SSSR count). The minimum absolute atomic E-state index is 0.0581. The van der Waals surface area contributed by atoms with Crippen LogP contribution < -0.4 is 25.6 Å². The number of hydrogen-bond acceptors (Lipinski definition) is 6. The zero-order valence-electron chi connectivity index (χ0n) is 20.2. The lowest BCUT2D eigenvalue weighted by Crippen LogP contribution is -2.54. The van der Waals surface area contributed by atoms with Crippen molar-refractivity contribution in [2.75, 3.05) is 7.11 Å². The smallest absolute Gasteiger partial charge is 0.408 e. The number of hydrogen-bond donors (Lipinski definition) is 3. The van der Waals surface area contributed by atoms with Gasteiger partial charge in [0.2, 0.25) is 0 Å². The molecule has 0 fully saturated rings. The van der Waals surface area contributed by atoms with Crippen molar-refractivity contribution in [1.29, 1.82) is 0 Å². The van der Waals surface area contributed by atoms with Gasteiger partial charge in [-0.15, -0.1) is 0 Å². The van der Waals surface area contributed by atoms with Gasteiger partial charge in [-0.1, -0.05) is 50.6 Å². The van der Waals surface area contributed by atoms with Gasteiger partial charge in [0.05, 0.1) is 13.2 Å². The van der Waals surface area contributed by atoms with Gasteiger partial charge >= 0.3 is 6.09 Å². The van der Waals surface area contributed by atoms with Crippen molar-refractivity contribution in [3.63, 3.8) is 0 Å². The predicted octanol–water partition coefficient (Wildman–Crippen LogP) is 3.58. The van der Waals surface area contributed by atoms with E-state index in [2.05, 4.69) is 16.2 Å². The van der Waals surface area contributed by atoms with Crippen LogP contribution in [0.4, 0.5) is 4.79 Å². The van der Waals surface area contributed by atoms with Crippen molar-refractivity contribution >= 4 is 17.9 Å². The van der Waals surface area contributed by atoms with E-state index in [-0.39, 0.29) is 24.2 Å². The third-order valence-corrected chi connectivity index (χ3v) is 5.07. The summed E-state index contributed by atoms with van der Waals surface area (Å²) < 4.78 is 16.2. The Balaban J connectivity index is 1.97. The first-order valence-electron chi connectivity index (χ1n) is 11.2. The molecule has 184 valence electrons. The molecule has 9 nitrogen and oxygen atoms in total. The zero-order valence-corrected chi connectivity index (χ0v) is 20.2. The van der Waals surface area contributed by atoms with Gasteiger partial charge in [0, 0.05) is 5.56 Å². The van der Waals surface area contributed by atoms with Gasteiger partial charge in [-0.3, -0.25) is 20.4 Å². The van der Waals surface area contributed by atoms with Crippen molar-refractivity contribution in [2.45, 2.75) is 52.9 Å². The van der Waals surface area contributed by atoms with Crippen LogP contribution in [-0.4, -0.2) is 37.2 Å². The Hall–Kier alpha value is -3.75. The molecule has 0 saturated carbocycles. The number of ether oxygens (including phenoxy) is 3. The van der Waals surface area contributed by atoms with E-state index in [0.717, 1.165) is 5.56 Å². The van der Waals surface area contributed by atoms with Crippen LogP contribution in [0.2, 0.25) is 0 Å². The summed E-state index contributed by atoms with van der Waals surface area (Å²) in [5, 5.41) is 2.58. The molecule has 3 amide bonds. The van der Waals surface area contributed by atoms with Crippen molar-refractivity contribution < 1.29 is 28.6 Å². The van der Waals surface area contributed by atoms with E-state index in [4.69, 9.17) is 14.2 Å². The van der Waals surface area contributed by atoms with Crippen molar-refractivity contribution in [2.24, 2.45) is 5.92 Å². The Morgan fingerprint density at radius 1 is 0.941 bits per heavy atom. The van der Waals surface area contributed by atoms with Gasteiger partial charge in [-0.05, 0) is 43.5 Å². The molecular formula is C25H33N3O6. The number of carbonyl (C=O) groups excluding carboxylic acids is 3. The Morgan fingerprint density at radius 3 is 2.26 bits per heavy atom. The van der Waals surface area contributed by atoms with E-state index < -0.39 is 23.9 Å². The van der Waals surface area contributed by atoms with Crippen LogP contribution in [0.15, 0.2) is 48.5 Å². The Labute approximate surface area is 200 Å². The Kier molecular flexibility index (Phi) is 10.2. The molecular weight excluding hydrogens is 438 g/mol. The molecule has 0 aliphatic rings. The fourth-order valence-corrected chi connectivity index (χ4v) is 3.02. The lowest BCUT2D eigenvalue weighted by molar-refractivity contribution is -0.125. The molecule has 34 heavy (non-hydrogen) atoms. The first-order chi connectivity index (χ1) is 16.2. The van der Waals surface area contributed by atoms with E-state index >= 15 is 0 Å². The third kappa shape index (κ3) is 7.99. The third-order valence-electron chi connectivity index (χ3n) is 5.07. The van der Waals surface area contributed by atoms with Gasteiger partial charge in [0.15, 0.2) is 11.5 Å². The molecule has 9 heteroatoms. The molecule has 0 spiro atoms. The number of amides is 3. The molecule has 0 heterocycles. The summed E-state index contributed by atoms with van der Waals surface area (Å²) in [6, 6.07) is 13.0. The molecule has 2 atom stereocenters. The van der Waals surface area contributed by atoms with E-state index in [1.165, 1.54) is 13.2 Å². The fourth-order valence-electron chi connectivity index (χ4n) is 3.02. The fraction of sp³-hybridized carbons (Fsp3) is 0.400. The van der Waals surface area contributed by atoms with E-state index in [1.807, 2.05) is 58.0 Å². The number of hydrazine groups is 1. The number of carbonyl (C=O) groups is 3. The minimum atomic E-state index is -0.898. The number of rotatable bonds is 10. The normalized spacial score (nSPS) is 12.3. The highest BCUT2D eigenvalue weighted by Gasteiger charge is 2.27. The molecule has 0 aliphatic heterocycles. The van der Waals surface area contributed by atoms with Crippen molar-refractivity contribution in [3.05, 3.63) is 59.7 Å². The SMILES string of the molecule is CC[C@H](C)[C@H](NC(=O)OCc1ccccc1)C(=O)NNC(=O)c1ccc(OC(C)C)c(OC)c1. The highest BCUT2D eigenvalue weighted by Crippen LogP contribution is 2.28. The monoisotopic (exact) mass is 471 g/mol. The van der Waals surface area contributed by atoms with E-state index in [0.29, 0.717) is 17.9 Å². The van der Waals surface area contributed by atoms with Crippen LogP contribution >= 0.6 is 0 Å². The predicted molar refractivity (Wildman–Crippen MR) is 127 cm³/mol. The number of benzene rings is 2. The summed E-state index contributed by atoms with van der Waals surface area (Å²) >= 11 is 0. The summed E-state index contributed by atoms with van der Waals surface area (Å²) in [5.41, 5.74) is 5.85. The second kappa shape index (κ2) is 13.1. The number of alkyl carbamates (subject to hydrolysis) is 1. The van der Waals surface area contributed by atoms with Gasteiger partial charge < -0.3 is 19.5 Å². The highest BCUT2D eigenvalue weighted by atomic mass is 16.5. The largest absolute Gasteiger partial charge is 0.493 e. The maximum atomic E-state index is 12.7. The average molecular weight is 472 g/mol. The summed E-state index contributed by atoms with van der Waals surface area (Å²) in [4.78, 5) is 37.6. The molecule has 3 N–H and O–H groups in total. The molecule has 0 aliphatic carbocycles. The molecule has 0 aromatic heterocycles. The van der Waals surface area contributed by atoms with E-state index in [1.54, 1.807) is 12.1 Å². The second-order valence-corrected chi connectivity index (χ2v) is 8.04. The number of methoxy groups -OCH3 is 1. The minimum Gasteiger partial charge on any atom is -0.493 e. The maximum absolute atomic E-state index is 12.7. The van der Waals surface area contributed by atoms with Crippen molar-refractivity contribution in [3.8, 4) is 11.5 Å². The van der Waals surface area contributed by atoms with Crippen LogP contribution in [0.1, 0.15) is 50.0 Å². The summed E-state index contributed by atoms with van der Waals surface area (Å²) in [6.07, 6.45) is -0.155. The molecule has 2 aromatic rings. The van der Waals surface area contributed by atoms with Gasteiger partial charge in [0.25, 0.3) is 11.8 Å². The van der Waals surface area contributed by atoms with Gasteiger partial charge in [-0.25, -0.2) is 4.79 Å². The average Bonchev–Trinajstić information content (AvgIpc) is 2.84. The zero-order chi connectivity index (χ0) is 25.1. The van der Waals surface area contributed by atoms with Crippen LogP contribution in [-0.2, 0) is 16.1 Å². The molecule has 2 aromatic carbocycles. The first-order valence-corrected chi connectivity index (χ1v) is 11.2. The van der Waals surface area contributed by atoms with Crippen molar-refractivity contribution in [1.82, 2.24) is 16.2 Å². The second-order valence-electron chi connectivity index (χ2n) is 8.04. The molecule has 0 bridgehead atoms. The van der Waals surface area contributed by atoms with Crippen LogP contribution in [0.5, 0.6) is 11.5 Å². The first kappa shape index (κ1) is 26.5. The lowest BCUT2D eigenvalue weighted by Gasteiger charge is -2.23. The molecule has 0 radical (unpaired) electrons. The quantitative estimate of drug-likeness (QED) is 0.456. The lowest BCUT2D eigenvalue weighted by atomic mass is 9.99. The highest BCUT2D eigenvalue weighted by molar-refractivity contribution is 5.96. The molecule has 0 unspecified atom stereocenters. The standard InChI is InChI=1S/C25H33N3O6/c1-6-17(4)22(26-25(31)33-15-18-10-8-7-9-11-18)24(30)28-27-23(29)19-12-13-20(34-16(2)3)21(14-19)32-5/h7-14,16-17,22H,6,15H2,1-5H3,(H,26,31)(H,27,29)(H,28,30)/t17-,22-/m0/s1. The van der Waals surface area contributed by atoms with Crippen LogP contribution in [0.3, 0.4) is 0 Å². The summed E-state index contributed by atoms with van der Waals surface area (Å²) in [6.45, 7) is 7.57. The van der Waals surface area contributed by atoms with Gasteiger partial charge in [0.1, 0.15) is 12.6 Å². The number of nitrogens with one attached hydrogen (secondary N) is 3. The Bertz CT molecular complexity index is 964. The van der Waals surface area contributed by atoms with Crippen LogP contribution in [0, 0.1) is 5.92 Å². The summed E-state index contributed by atoms with van der Waals surface area (Å²) in [5.74, 6) is -0.404. The Morgan fingerprint density at radius 2 is 1.65 bits per heavy atom.